The third-order valence-corrected chi connectivity index (χ3v) is 3.77. The van der Waals surface area contributed by atoms with Crippen LogP contribution < -0.4 is 14.8 Å². The van der Waals surface area contributed by atoms with E-state index in [-0.39, 0.29) is 19.0 Å². The number of benzene rings is 2. The molecule has 0 aliphatic carbocycles. The van der Waals surface area contributed by atoms with Crippen molar-refractivity contribution in [2.24, 2.45) is 0 Å². The molecule has 0 saturated heterocycles. The summed E-state index contributed by atoms with van der Waals surface area (Å²) >= 11 is 0. The number of carbonyl (C=O) groups excluding carboxylic acids is 2. The number of nitrogens with one attached hydrogen (secondary N) is 1. The van der Waals surface area contributed by atoms with Crippen molar-refractivity contribution in [1.82, 2.24) is 5.32 Å². The third-order valence-electron chi connectivity index (χ3n) is 3.77. The summed E-state index contributed by atoms with van der Waals surface area (Å²) in [6.07, 6.45) is 2.48. The zero-order valence-electron chi connectivity index (χ0n) is 14.6. The number of nitro benzene ring substituents is 1. The van der Waals surface area contributed by atoms with Crippen molar-refractivity contribution in [3.63, 3.8) is 0 Å². The Morgan fingerprint density at radius 2 is 2.00 bits per heavy atom. The molecule has 1 heterocycles. The van der Waals surface area contributed by atoms with E-state index in [0.717, 1.165) is 11.6 Å². The molecule has 28 heavy (non-hydrogen) atoms. The van der Waals surface area contributed by atoms with E-state index in [1.807, 2.05) is 0 Å². The molecule has 0 spiro atoms. The SMILES string of the molecule is O=C(COC(=O)C=Cc1cccc([N+](=O)[O-])c1)NCc1ccc2c(c1)OCO2. The zero-order valence-corrected chi connectivity index (χ0v) is 14.6. The fourth-order valence-electron chi connectivity index (χ4n) is 2.39. The maximum Gasteiger partial charge on any atom is 0.331 e. The molecule has 0 unspecified atom stereocenters. The van der Waals surface area contributed by atoms with Crippen molar-refractivity contribution in [1.29, 1.82) is 0 Å². The number of hydrogen-bond acceptors (Lipinski definition) is 7. The van der Waals surface area contributed by atoms with Crippen molar-refractivity contribution >= 4 is 23.6 Å². The number of fused-ring (bicyclic) bond motifs is 1. The number of ether oxygens (including phenoxy) is 3. The summed E-state index contributed by atoms with van der Waals surface area (Å²) in [4.78, 5) is 33.7. The Balaban J connectivity index is 1.43. The summed E-state index contributed by atoms with van der Waals surface area (Å²) in [5, 5.41) is 13.3. The highest BCUT2D eigenvalue weighted by molar-refractivity contribution is 5.89. The van der Waals surface area contributed by atoms with Crippen LogP contribution >= 0.6 is 0 Å². The summed E-state index contributed by atoms with van der Waals surface area (Å²) in [6.45, 7) is -0.0237. The number of rotatable bonds is 7. The minimum atomic E-state index is -0.732. The van der Waals surface area contributed by atoms with Gasteiger partial charge in [0.05, 0.1) is 4.92 Å². The van der Waals surface area contributed by atoms with Crippen molar-refractivity contribution < 1.29 is 28.7 Å². The minimum Gasteiger partial charge on any atom is -0.454 e. The lowest BCUT2D eigenvalue weighted by Crippen LogP contribution is -2.28. The zero-order chi connectivity index (χ0) is 19.9. The van der Waals surface area contributed by atoms with Gasteiger partial charge in [0.1, 0.15) is 0 Å². The van der Waals surface area contributed by atoms with Gasteiger partial charge in [0, 0.05) is 24.8 Å². The summed E-state index contributed by atoms with van der Waals surface area (Å²) in [7, 11) is 0. The van der Waals surface area contributed by atoms with Gasteiger partial charge in [-0.15, -0.1) is 0 Å². The van der Waals surface area contributed by atoms with Gasteiger partial charge in [0.25, 0.3) is 11.6 Å². The second-order valence-corrected chi connectivity index (χ2v) is 5.76. The number of non-ortho nitro benzene ring substituents is 1. The molecule has 0 fully saturated rings. The normalized spacial score (nSPS) is 12.0. The van der Waals surface area contributed by atoms with Crippen LogP contribution in [0.3, 0.4) is 0 Å². The highest BCUT2D eigenvalue weighted by Gasteiger charge is 2.13. The maximum atomic E-state index is 11.8. The van der Waals surface area contributed by atoms with Crippen LogP contribution in [-0.4, -0.2) is 30.2 Å². The van der Waals surface area contributed by atoms with Crippen molar-refractivity contribution in [3.05, 3.63) is 69.8 Å². The molecule has 0 saturated carbocycles. The quantitative estimate of drug-likeness (QED) is 0.336. The van der Waals surface area contributed by atoms with E-state index in [4.69, 9.17) is 14.2 Å². The van der Waals surface area contributed by atoms with Crippen LogP contribution in [0.5, 0.6) is 11.5 Å². The number of hydrogen-bond donors (Lipinski definition) is 1. The van der Waals surface area contributed by atoms with Gasteiger partial charge in [0.15, 0.2) is 18.1 Å². The lowest BCUT2D eigenvalue weighted by atomic mass is 10.2. The maximum absolute atomic E-state index is 11.8. The lowest BCUT2D eigenvalue weighted by molar-refractivity contribution is -0.384. The Hall–Kier alpha value is -3.88. The molecule has 0 atom stereocenters. The Bertz CT molecular complexity index is 940. The van der Waals surface area contributed by atoms with E-state index >= 15 is 0 Å². The monoisotopic (exact) mass is 384 g/mol. The molecule has 1 amide bonds. The summed E-state index contributed by atoms with van der Waals surface area (Å²) in [6, 6.07) is 11.1. The molecule has 2 aromatic rings. The number of nitrogens with zero attached hydrogens (tertiary/aromatic N) is 1. The first-order valence-corrected chi connectivity index (χ1v) is 8.26. The van der Waals surface area contributed by atoms with E-state index in [1.54, 1.807) is 24.3 Å². The first-order valence-electron chi connectivity index (χ1n) is 8.26. The van der Waals surface area contributed by atoms with Gasteiger partial charge >= 0.3 is 5.97 Å². The number of amides is 1. The fraction of sp³-hybridized carbons (Fsp3) is 0.158. The molecule has 1 aliphatic heterocycles. The third kappa shape index (κ3) is 5.07. The van der Waals surface area contributed by atoms with Crippen LogP contribution in [0.25, 0.3) is 6.08 Å². The molecule has 3 rings (SSSR count). The predicted molar refractivity (Wildman–Crippen MR) is 97.5 cm³/mol. The molecule has 144 valence electrons. The fourth-order valence-corrected chi connectivity index (χ4v) is 2.39. The first kappa shape index (κ1) is 18.9. The average Bonchev–Trinajstić information content (AvgIpc) is 3.17. The lowest BCUT2D eigenvalue weighted by Gasteiger charge is -2.06. The Kier molecular flexibility index (Phi) is 5.85. The standard InChI is InChI=1S/C19H16N2O7/c22-18(20-10-14-4-6-16-17(9-14)28-12-27-16)11-26-19(23)7-5-13-2-1-3-15(8-13)21(24)25/h1-9H,10-12H2,(H,20,22). The van der Waals surface area contributed by atoms with Gasteiger partial charge in [-0.2, -0.15) is 0 Å². The summed E-state index contributed by atoms with van der Waals surface area (Å²) < 4.78 is 15.3. The number of esters is 1. The largest absolute Gasteiger partial charge is 0.454 e. The van der Waals surface area contributed by atoms with Crippen LogP contribution in [0.2, 0.25) is 0 Å². The molecular formula is C19H16N2O7. The van der Waals surface area contributed by atoms with Crippen molar-refractivity contribution in [2.45, 2.75) is 6.54 Å². The Morgan fingerprint density at radius 3 is 2.82 bits per heavy atom. The van der Waals surface area contributed by atoms with Crippen LogP contribution in [0, 0.1) is 10.1 Å². The van der Waals surface area contributed by atoms with Gasteiger partial charge < -0.3 is 19.5 Å². The number of nitro groups is 1. The van der Waals surface area contributed by atoms with Crippen LogP contribution in [0.15, 0.2) is 48.5 Å². The highest BCUT2D eigenvalue weighted by Crippen LogP contribution is 2.32. The second-order valence-electron chi connectivity index (χ2n) is 5.76. The summed E-state index contributed by atoms with van der Waals surface area (Å²) in [5.74, 6) is 0.0727. The molecule has 1 N–H and O–H groups in total. The van der Waals surface area contributed by atoms with E-state index in [0.29, 0.717) is 17.1 Å². The molecule has 1 aliphatic rings. The minimum absolute atomic E-state index is 0.0848. The predicted octanol–water partition coefficient (Wildman–Crippen LogP) is 2.20. The average molecular weight is 384 g/mol. The molecule has 0 aromatic heterocycles. The molecule has 9 heteroatoms. The molecule has 0 radical (unpaired) electrons. The highest BCUT2D eigenvalue weighted by atomic mass is 16.7. The second kappa shape index (κ2) is 8.67. The summed E-state index contributed by atoms with van der Waals surface area (Å²) in [5.41, 5.74) is 1.20. The van der Waals surface area contributed by atoms with Gasteiger partial charge in [0.2, 0.25) is 6.79 Å². The van der Waals surface area contributed by atoms with Crippen LogP contribution in [-0.2, 0) is 20.9 Å². The van der Waals surface area contributed by atoms with Crippen LogP contribution in [0.4, 0.5) is 5.69 Å². The smallest absolute Gasteiger partial charge is 0.331 e. The van der Waals surface area contributed by atoms with Crippen molar-refractivity contribution in [2.75, 3.05) is 13.4 Å². The van der Waals surface area contributed by atoms with Gasteiger partial charge in [-0.3, -0.25) is 14.9 Å². The van der Waals surface area contributed by atoms with Crippen molar-refractivity contribution in [3.8, 4) is 11.5 Å². The molecular weight excluding hydrogens is 368 g/mol. The Labute approximate surface area is 159 Å². The van der Waals surface area contributed by atoms with E-state index in [1.165, 1.54) is 24.3 Å². The number of carbonyl (C=O) groups is 2. The molecule has 9 nitrogen and oxygen atoms in total. The van der Waals surface area contributed by atoms with E-state index < -0.39 is 23.4 Å². The molecule has 0 bridgehead atoms. The van der Waals surface area contributed by atoms with E-state index in [2.05, 4.69) is 5.32 Å². The van der Waals surface area contributed by atoms with Gasteiger partial charge in [-0.05, 0) is 29.3 Å². The molecule has 2 aromatic carbocycles. The van der Waals surface area contributed by atoms with Crippen LogP contribution in [0.1, 0.15) is 11.1 Å². The topological polar surface area (TPSA) is 117 Å². The van der Waals surface area contributed by atoms with Gasteiger partial charge in [-0.25, -0.2) is 4.79 Å². The first-order chi connectivity index (χ1) is 13.5. The van der Waals surface area contributed by atoms with E-state index in [9.17, 15) is 19.7 Å². The Morgan fingerprint density at radius 1 is 1.18 bits per heavy atom. The van der Waals surface area contributed by atoms with Gasteiger partial charge in [-0.1, -0.05) is 18.2 Å².